The molecule has 4 heteroatoms. The molecule has 1 amide bonds. The Morgan fingerprint density at radius 2 is 2.15 bits per heavy atom. The minimum atomic E-state index is -0.310. The summed E-state index contributed by atoms with van der Waals surface area (Å²) in [5.74, 6) is -0.325. The predicted octanol–water partition coefficient (Wildman–Crippen LogP) is 3.30. The average molecular weight is 270 g/mol. The lowest BCUT2D eigenvalue weighted by Crippen LogP contribution is -2.14. The summed E-state index contributed by atoms with van der Waals surface area (Å²) in [5, 5.41) is 12.6. The van der Waals surface area contributed by atoms with Gasteiger partial charge >= 0.3 is 0 Å². The molecule has 0 atom stereocenters. The van der Waals surface area contributed by atoms with Crippen LogP contribution in [0.15, 0.2) is 36.7 Å². The minimum absolute atomic E-state index is 0.0146. The number of aromatic nitrogens is 1. The van der Waals surface area contributed by atoms with Crippen molar-refractivity contribution in [3.8, 4) is 5.75 Å². The van der Waals surface area contributed by atoms with Gasteiger partial charge in [-0.3, -0.25) is 9.78 Å². The molecule has 0 aliphatic heterocycles. The molecule has 0 spiro atoms. The first-order chi connectivity index (χ1) is 9.61. The van der Waals surface area contributed by atoms with E-state index in [1.165, 1.54) is 6.07 Å². The Labute approximate surface area is 118 Å². The number of hydrogen-bond donors (Lipinski definition) is 2. The SMILES string of the molecule is CCCc1cnccc1NC(=O)c1cc(C)ccc1O. The Hall–Kier alpha value is -2.36. The van der Waals surface area contributed by atoms with Gasteiger partial charge in [-0.05, 0) is 37.1 Å². The molecule has 1 aromatic carbocycles. The molecule has 2 N–H and O–H groups in total. The topological polar surface area (TPSA) is 62.2 Å². The number of pyridine rings is 1. The highest BCUT2D eigenvalue weighted by atomic mass is 16.3. The second-order valence-electron chi connectivity index (χ2n) is 4.76. The number of aryl methyl sites for hydroxylation is 2. The van der Waals surface area contributed by atoms with Crippen LogP contribution in [0.5, 0.6) is 5.75 Å². The number of amides is 1. The Kier molecular flexibility index (Phi) is 4.35. The van der Waals surface area contributed by atoms with E-state index in [4.69, 9.17) is 0 Å². The van der Waals surface area contributed by atoms with Crippen molar-refractivity contribution in [2.75, 3.05) is 5.32 Å². The van der Waals surface area contributed by atoms with Crippen LogP contribution in [0, 0.1) is 6.92 Å². The lowest BCUT2D eigenvalue weighted by atomic mass is 10.1. The fraction of sp³-hybridized carbons (Fsp3) is 0.250. The lowest BCUT2D eigenvalue weighted by molar-refractivity contribution is 0.102. The molecular weight excluding hydrogens is 252 g/mol. The van der Waals surface area contributed by atoms with Gasteiger partial charge in [0.15, 0.2) is 0 Å². The Morgan fingerprint density at radius 1 is 1.35 bits per heavy atom. The molecule has 0 fully saturated rings. The summed E-state index contributed by atoms with van der Waals surface area (Å²) < 4.78 is 0. The second kappa shape index (κ2) is 6.19. The third-order valence-corrected chi connectivity index (χ3v) is 3.07. The van der Waals surface area contributed by atoms with Crippen LogP contribution in [0.1, 0.15) is 34.8 Å². The highest BCUT2D eigenvalue weighted by Crippen LogP contribution is 2.21. The highest BCUT2D eigenvalue weighted by molar-refractivity contribution is 6.06. The number of nitrogens with zero attached hydrogens (tertiary/aromatic N) is 1. The summed E-state index contributed by atoms with van der Waals surface area (Å²) in [7, 11) is 0. The van der Waals surface area contributed by atoms with Crippen molar-refractivity contribution in [1.29, 1.82) is 0 Å². The van der Waals surface area contributed by atoms with Crippen LogP contribution in [-0.2, 0) is 6.42 Å². The number of nitrogens with one attached hydrogen (secondary N) is 1. The lowest BCUT2D eigenvalue weighted by Gasteiger charge is -2.11. The third kappa shape index (κ3) is 3.15. The summed E-state index contributed by atoms with van der Waals surface area (Å²) in [6.45, 7) is 3.95. The largest absolute Gasteiger partial charge is 0.507 e. The molecule has 0 radical (unpaired) electrons. The van der Waals surface area contributed by atoms with Gasteiger partial charge < -0.3 is 10.4 Å². The van der Waals surface area contributed by atoms with Crippen LogP contribution in [-0.4, -0.2) is 16.0 Å². The maximum Gasteiger partial charge on any atom is 0.259 e. The summed E-state index contributed by atoms with van der Waals surface area (Å²) in [5.41, 5.74) is 2.95. The monoisotopic (exact) mass is 270 g/mol. The van der Waals surface area contributed by atoms with Crippen LogP contribution >= 0.6 is 0 Å². The number of rotatable bonds is 4. The quantitative estimate of drug-likeness (QED) is 0.896. The molecule has 2 rings (SSSR count). The van der Waals surface area contributed by atoms with E-state index in [9.17, 15) is 9.90 Å². The summed E-state index contributed by atoms with van der Waals surface area (Å²) in [6.07, 6.45) is 5.23. The van der Waals surface area contributed by atoms with E-state index in [0.29, 0.717) is 0 Å². The molecule has 0 aliphatic rings. The van der Waals surface area contributed by atoms with Crippen LogP contribution in [0.2, 0.25) is 0 Å². The van der Waals surface area contributed by atoms with E-state index in [2.05, 4.69) is 17.2 Å². The van der Waals surface area contributed by atoms with Gasteiger partial charge in [-0.1, -0.05) is 25.0 Å². The normalized spacial score (nSPS) is 10.3. The summed E-state index contributed by atoms with van der Waals surface area (Å²) in [4.78, 5) is 16.3. The number of hydrogen-bond acceptors (Lipinski definition) is 3. The van der Waals surface area contributed by atoms with Gasteiger partial charge in [0.25, 0.3) is 5.91 Å². The minimum Gasteiger partial charge on any atom is -0.507 e. The third-order valence-electron chi connectivity index (χ3n) is 3.07. The van der Waals surface area contributed by atoms with Crippen molar-refractivity contribution in [2.45, 2.75) is 26.7 Å². The van der Waals surface area contributed by atoms with Crippen LogP contribution in [0.25, 0.3) is 0 Å². The first-order valence-electron chi connectivity index (χ1n) is 6.65. The zero-order valence-electron chi connectivity index (χ0n) is 11.7. The molecule has 0 saturated carbocycles. The number of carbonyl (C=O) groups is 1. The number of phenols is 1. The predicted molar refractivity (Wildman–Crippen MR) is 79.0 cm³/mol. The molecule has 0 saturated heterocycles. The first-order valence-corrected chi connectivity index (χ1v) is 6.65. The fourth-order valence-electron chi connectivity index (χ4n) is 2.04. The summed E-state index contributed by atoms with van der Waals surface area (Å²) in [6, 6.07) is 6.74. The number of anilines is 1. The maximum atomic E-state index is 12.3. The average Bonchev–Trinajstić information content (AvgIpc) is 2.44. The van der Waals surface area contributed by atoms with E-state index in [1.807, 2.05) is 6.92 Å². The molecular formula is C16H18N2O2. The van der Waals surface area contributed by atoms with Crippen molar-refractivity contribution in [2.24, 2.45) is 0 Å². The second-order valence-corrected chi connectivity index (χ2v) is 4.76. The molecule has 2 aromatic rings. The smallest absolute Gasteiger partial charge is 0.259 e. The molecule has 4 nitrogen and oxygen atoms in total. The molecule has 104 valence electrons. The van der Waals surface area contributed by atoms with Crippen molar-refractivity contribution in [3.63, 3.8) is 0 Å². The molecule has 0 unspecified atom stereocenters. The van der Waals surface area contributed by atoms with E-state index in [0.717, 1.165) is 29.7 Å². The molecule has 0 aliphatic carbocycles. The van der Waals surface area contributed by atoms with Crippen molar-refractivity contribution in [1.82, 2.24) is 4.98 Å². The number of aromatic hydroxyl groups is 1. The van der Waals surface area contributed by atoms with E-state index in [1.54, 1.807) is 30.6 Å². The van der Waals surface area contributed by atoms with Gasteiger partial charge in [-0.25, -0.2) is 0 Å². The Morgan fingerprint density at radius 3 is 2.90 bits per heavy atom. The Bertz CT molecular complexity index is 624. The van der Waals surface area contributed by atoms with E-state index >= 15 is 0 Å². The number of carbonyl (C=O) groups excluding carboxylic acids is 1. The highest BCUT2D eigenvalue weighted by Gasteiger charge is 2.13. The van der Waals surface area contributed by atoms with Gasteiger partial charge in [0.2, 0.25) is 0 Å². The van der Waals surface area contributed by atoms with Gasteiger partial charge in [0.05, 0.1) is 5.56 Å². The van der Waals surface area contributed by atoms with Gasteiger partial charge in [0, 0.05) is 18.1 Å². The van der Waals surface area contributed by atoms with Gasteiger partial charge in [-0.2, -0.15) is 0 Å². The molecule has 1 heterocycles. The number of benzene rings is 1. The van der Waals surface area contributed by atoms with Crippen LogP contribution in [0.4, 0.5) is 5.69 Å². The molecule has 0 bridgehead atoms. The van der Waals surface area contributed by atoms with Crippen LogP contribution < -0.4 is 5.32 Å². The zero-order valence-corrected chi connectivity index (χ0v) is 11.7. The molecule has 1 aromatic heterocycles. The number of phenolic OH excluding ortho intramolecular Hbond substituents is 1. The maximum absolute atomic E-state index is 12.3. The standard InChI is InChI=1S/C16H18N2O2/c1-3-4-12-10-17-8-7-14(12)18-16(20)13-9-11(2)5-6-15(13)19/h5-10,19H,3-4H2,1-2H3,(H,17,18,20). The van der Waals surface area contributed by atoms with Gasteiger partial charge in [0.1, 0.15) is 5.75 Å². The first kappa shape index (κ1) is 14.1. The molecule has 20 heavy (non-hydrogen) atoms. The van der Waals surface area contributed by atoms with Crippen LogP contribution in [0.3, 0.4) is 0 Å². The van der Waals surface area contributed by atoms with Crippen molar-refractivity contribution in [3.05, 3.63) is 53.3 Å². The van der Waals surface area contributed by atoms with E-state index in [-0.39, 0.29) is 17.2 Å². The summed E-state index contributed by atoms with van der Waals surface area (Å²) >= 11 is 0. The zero-order chi connectivity index (χ0) is 14.5. The fourth-order valence-corrected chi connectivity index (χ4v) is 2.04. The Balaban J connectivity index is 2.26. The van der Waals surface area contributed by atoms with Crippen molar-refractivity contribution >= 4 is 11.6 Å². The van der Waals surface area contributed by atoms with Gasteiger partial charge in [-0.15, -0.1) is 0 Å². The van der Waals surface area contributed by atoms with E-state index < -0.39 is 0 Å². The van der Waals surface area contributed by atoms with Crippen molar-refractivity contribution < 1.29 is 9.90 Å².